The Morgan fingerprint density at radius 3 is 2.13 bits per heavy atom. The highest BCUT2D eigenvalue weighted by atomic mass is 16.2. The third-order valence-electron chi connectivity index (χ3n) is 4.67. The number of hydrogen-bond acceptors (Lipinski definition) is 7. The number of likely N-dealkylation sites (tertiary alicyclic amines) is 1. The molecule has 13 nitrogen and oxygen atoms in total. The van der Waals surface area contributed by atoms with Crippen molar-refractivity contribution in [3.8, 4) is 0 Å². The summed E-state index contributed by atoms with van der Waals surface area (Å²) in [5, 5.41) is 4.81. The number of carbonyl (C=O) groups excluding carboxylic acids is 6. The van der Waals surface area contributed by atoms with Gasteiger partial charge in [-0.05, 0) is 25.7 Å². The summed E-state index contributed by atoms with van der Waals surface area (Å²) in [5.74, 6) is -3.76. The Balaban J connectivity index is 2.60. The van der Waals surface area contributed by atoms with E-state index in [0.717, 1.165) is 0 Å². The van der Waals surface area contributed by atoms with E-state index in [0.29, 0.717) is 19.4 Å². The molecule has 0 saturated carbocycles. The van der Waals surface area contributed by atoms with Crippen LogP contribution in [0.15, 0.2) is 0 Å². The molecule has 1 fully saturated rings. The molecule has 0 spiro atoms. The Morgan fingerprint density at radius 1 is 0.967 bits per heavy atom. The zero-order valence-electron chi connectivity index (χ0n) is 16.6. The molecular weight excluding hydrogens is 398 g/mol. The molecule has 0 bridgehead atoms. The van der Waals surface area contributed by atoms with Crippen LogP contribution in [0.2, 0.25) is 0 Å². The van der Waals surface area contributed by atoms with Gasteiger partial charge in [-0.1, -0.05) is 0 Å². The molecule has 1 heterocycles. The first-order chi connectivity index (χ1) is 14.0. The second-order valence-corrected chi connectivity index (χ2v) is 7.04. The molecule has 10 N–H and O–H groups in total. The lowest BCUT2D eigenvalue weighted by molar-refractivity contribution is -0.139. The molecule has 0 aromatic heterocycles. The largest absolute Gasteiger partial charge is 0.370 e. The van der Waals surface area contributed by atoms with E-state index >= 15 is 0 Å². The Morgan fingerprint density at radius 2 is 1.57 bits per heavy atom. The molecule has 30 heavy (non-hydrogen) atoms. The van der Waals surface area contributed by atoms with Gasteiger partial charge in [0.25, 0.3) is 0 Å². The fraction of sp³-hybridized carbons (Fsp3) is 0.647. The molecule has 1 aliphatic rings. The van der Waals surface area contributed by atoms with Gasteiger partial charge in [-0.2, -0.15) is 0 Å². The van der Waals surface area contributed by atoms with E-state index < -0.39 is 53.6 Å². The zero-order chi connectivity index (χ0) is 22.8. The number of nitrogens with one attached hydrogen (secondary N) is 2. The Hall–Kier alpha value is -3.22. The molecule has 1 aliphatic heterocycles. The number of hydrogen-bond donors (Lipinski definition) is 6. The van der Waals surface area contributed by atoms with Gasteiger partial charge in [0.1, 0.15) is 12.1 Å². The smallest absolute Gasteiger partial charge is 0.243 e. The average Bonchev–Trinajstić information content (AvgIpc) is 3.16. The van der Waals surface area contributed by atoms with Crippen molar-refractivity contribution in [2.75, 3.05) is 13.1 Å². The van der Waals surface area contributed by atoms with Crippen LogP contribution in [0.5, 0.6) is 0 Å². The maximum absolute atomic E-state index is 12.5. The highest BCUT2D eigenvalue weighted by Crippen LogP contribution is 2.18. The molecule has 0 aromatic carbocycles. The van der Waals surface area contributed by atoms with Gasteiger partial charge in [0, 0.05) is 19.4 Å². The highest BCUT2D eigenvalue weighted by Gasteiger charge is 2.35. The summed E-state index contributed by atoms with van der Waals surface area (Å²) in [6.07, 6.45) is 0.723. The fourth-order valence-electron chi connectivity index (χ4n) is 3.00. The summed E-state index contributed by atoms with van der Waals surface area (Å²) in [4.78, 5) is 71.3. The highest BCUT2D eigenvalue weighted by molar-refractivity contribution is 5.93. The van der Waals surface area contributed by atoms with Crippen molar-refractivity contribution in [2.45, 2.75) is 56.7 Å². The SMILES string of the molecule is NC(=O)CC[C@H](NC(=O)[C@@H]1CCCN1C(=O)CNC(=O)[C@@H](N)CCC(N)=O)C(N)=O. The minimum absolute atomic E-state index is 0.0453. The first-order valence-electron chi connectivity index (χ1n) is 9.52. The lowest BCUT2D eigenvalue weighted by atomic mass is 10.1. The van der Waals surface area contributed by atoms with Crippen molar-refractivity contribution in [1.82, 2.24) is 15.5 Å². The van der Waals surface area contributed by atoms with Gasteiger partial charge in [0.2, 0.25) is 35.4 Å². The van der Waals surface area contributed by atoms with Crippen molar-refractivity contribution in [3.05, 3.63) is 0 Å². The Bertz CT molecular complexity index is 698. The van der Waals surface area contributed by atoms with Crippen LogP contribution in [0.25, 0.3) is 0 Å². The zero-order valence-corrected chi connectivity index (χ0v) is 16.6. The van der Waals surface area contributed by atoms with E-state index in [4.69, 9.17) is 22.9 Å². The molecule has 0 radical (unpaired) electrons. The van der Waals surface area contributed by atoms with Gasteiger partial charge in [-0.25, -0.2) is 0 Å². The van der Waals surface area contributed by atoms with Crippen LogP contribution in [-0.4, -0.2) is 71.6 Å². The Labute approximate surface area is 173 Å². The number of rotatable bonds is 12. The van der Waals surface area contributed by atoms with Crippen LogP contribution in [0, 0.1) is 0 Å². The molecule has 0 aliphatic carbocycles. The molecule has 3 atom stereocenters. The average molecular weight is 427 g/mol. The number of carbonyl (C=O) groups is 6. The molecule has 13 heteroatoms. The van der Waals surface area contributed by atoms with E-state index in [2.05, 4.69) is 10.6 Å². The number of nitrogens with two attached hydrogens (primary N) is 4. The van der Waals surface area contributed by atoms with Gasteiger partial charge in [0.05, 0.1) is 12.6 Å². The van der Waals surface area contributed by atoms with Crippen LogP contribution in [0.1, 0.15) is 38.5 Å². The van der Waals surface area contributed by atoms with Gasteiger partial charge in [-0.15, -0.1) is 0 Å². The Kier molecular flexibility index (Phi) is 9.68. The summed E-state index contributed by atoms with van der Waals surface area (Å²) in [6, 6.07) is -2.93. The molecule has 168 valence electrons. The quantitative estimate of drug-likeness (QED) is 0.180. The summed E-state index contributed by atoms with van der Waals surface area (Å²) in [6.45, 7) is -0.0865. The standard InChI is InChI=1S/C17H29N7O6/c18-9(3-5-12(19)25)16(29)22-8-14(27)24-7-1-2-11(24)17(30)23-10(15(21)28)4-6-13(20)26/h9-11H,1-8,18H2,(H2,19,25)(H2,20,26)(H2,21,28)(H,22,29)(H,23,30)/t9-,10-,11-/m0/s1. The molecule has 1 saturated heterocycles. The van der Waals surface area contributed by atoms with E-state index in [1.807, 2.05) is 0 Å². The molecule has 0 unspecified atom stereocenters. The van der Waals surface area contributed by atoms with E-state index in [9.17, 15) is 28.8 Å². The molecule has 6 amide bonds. The van der Waals surface area contributed by atoms with Crippen LogP contribution in [0.3, 0.4) is 0 Å². The van der Waals surface area contributed by atoms with Crippen molar-refractivity contribution in [1.29, 1.82) is 0 Å². The lowest BCUT2D eigenvalue weighted by Crippen LogP contribution is -2.54. The summed E-state index contributed by atoms with van der Waals surface area (Å²) >= 11 is 0. The predicted molar refractivity (Wildman–Crippen MR) is 104 cm³/mol. The monoisotopic (exact) mass is 427 g/mol. The van der Waals surface area contributed by atoms with E-state index in [1.165, 1.54) is 4.90 Å². The van der Waals surface area contributed by atoms with Crippen LogP contribution in [0.4, 0.5) is 0 Å². The van der Waals surface area contributed by atoms with E-state index in [-0.39, 0.29) is 32.2 Å². The van der Waals surface area contributed by atoms with Gasteiger partial charge >= 0.3 is 0 Å². The third-order valence-corrected chi connectivity index (χ3v) is 4.67. The third kappa shape index (κ3) is 8.03. The normalized spacial score (nSPS) is 17.6. The summed E-state index contributed by atoms with van der Waals surface area (Å²) in [5.41, 5.74) is 20.9. The van der Waals surface area contributed by atoms with Gasteiger partial charge < -0.3 is 38.5 Å². The predicted octanol–water partition coefficient (Wildman–Crippen LogP) is -4.08. The van der Waals surface area contributed by atoms with Crippen LogP contribution >= 0.6 is 0 Å². The van der Waals surface area contributed by atoms with Crippen molar-refractivity contribution in [2.24, 2.45) is 22.9 Å². The number of nitrogens with zero attached hydrogens (tertiary/aromatic N) is 1. The topological polar surface area (TPSA) is 234 Å². The van der Waals surface area contributed by atoms with Crippen LogP contribution in [-0.2, 0) is 28.8 Å². The summed E-state index contributed by atoms with van der Waals surface area (Å²) < 4.78 is 0. The minimum atomic E-state index is -1.09. The fourth-order valence-corrected chi connectivity index (χ4v) is 3.00. The maximum atomic E-state index is 12.5. The van der Waals surface area contributed by atoms with Crippen molar-refractivity contribution >= 4 is 35.4 Å². The second-order valence-electron chi connectivity index (χ2n) is 7.04. The molecular formula is C17H29N7O6. The number of amides is 6. The maximum Gasteiger partial charge on any atom is 0.243 e. The first kappa shape index (κ1) is 24.8. The van der Waals surface area contributed by atoms with Crippen molar-refractivity contribution in [3.63, 3.8) is 0 Å². The van der Waals surface area contributed by atoms with Gasteiger partial charge in [0.15, 0.2) is 0 Å². The van der Waals surface area contributed by atoms with Crippen LogP contribution < -0.4 is 33.6 Å². The van der Waals surface area contributed by atoms with Crippen molar-refractivity contribution < 1.29 is 28.8 Å². The summed E-state index contributed by atoms with van der Waals surface area (Å²) in [7, 11) is 0. The van der Waals surface area contributed by atoms with E-state index in [1.54, 1.807) is 0 Å². The molecule has 1 rings (SSSR count). The second kappa shape index (κ2) is 11.7. The molecule has 0 aromatic rings. The number of primary amides is 3. The first-order valence-corrected chi connectivity index (χ1v) is 9.52. The van der Waals surface area contributed by atoms with Gasteiger partial charge in [-0.3, -0.25) is 28.8 Å². The lowest BCUT2D eigenvalue weighted by Gasteiger charge is -2.26. The minimum Gasteiger partial charge on any atom is -0.370 e.